The minimum Gasteiger partial charge on any atom is -0.466 e. The van der Waals surface area contributed by atoms with Crippen molar-refractivity contribution >= 4 is 23.6 Å². The van der Waals surface area contributed by atoms with Gasteiger partial charge in [-0.05, 0) is 24.6 Å². The number of ether oxygens (including phenoxy) is 1. The molecule has 1 aromatic rings. The molecule has 0 unspecified atom stereocenters. The first-order valence-corrected chi connectivity index (χ1v) is 4.40. The lowest BCUT2D eigenvalue weighted by atomic mass is 10.2. The summed E-state index contributed by atoms with van der Waals surface area (Å²) >= 11 is 5.68. The fraction of sp³-hybridized carbons (Fsp3) is 0.200. The lowest BCUT2D eigenvalue weighted by Gasteiger charge is -1.98. The molecule has 14 heavy (non-hydrogen) atoms. The van der Waals surface area contributed by atoms with Crippen LogP contribution in [0, 0.1) is 6.92 Å². The Balaban J connectivity index is 2.87. The first-order valence-electron chi connectivity index (χ1n) is 4.02. The van der Waals surface area contributed by atoms with Crippen LogP contribution >= 0.6 is 11.6 Å². The van der Waals surface area contributed by atoms with Crippen molar-refractivity contribution < 1.29 is 9.53 Å². The zero-order valence-electron chi connectivity index (χ0n) is 7.95. The van der Waals surface area contributed by atoms with Crippen LogP contribution in [0.15, 0.2) is 18.2 Å². The molecule has 0 radical (unpaired) electrons. The number of aromatic nitrogens is 1. The lowest BCUT2D eigenvalue weighted by molar-refractivity contribution is -0.134. The third kappa shape index (κ3) is 2.85. The maximum Gasteiger partial charge on any atom is 0.330 e. The van der Waals surface area contributed by atoms with Gasteiger partial charge in [-0.1, -0.05) is 17.7 Å². The van der Waals surface area contributed by atoms with E-state index in [4.69, 9.17) is 11.6 Å². The molecule has 0 amide bonds. The second-order valence-corrected chi connectivity index (χ2v) is 3.05. The van der Waals surface area contributed by atoms with Crippen molar-refractivity contribution in [2.45, 2.75) is 6.92 Å². The number of hydrogen-bond acceptors (Lipinski definition) is 3. The Morgan fingerprint density at radius 3 is 2.86 bits per heavy atom. The molecule has 3 nitrogen and oxygen atoms in total. The molecule has 0 aromatic carbocycles. The van der Waals surface area contributed by atoms with Crippen molar-refractivity contribution in [2.75, 3.05) is 7.11 Å². The summed E-state index contributed by atoms with van der Waals surface area (Å²) in [5.41, 5.74) is 1.62. The first kappa shape index (κ1) is 10.7. The fourth-order valence-corrected chi connectivity index (χ4v) is 1.13. The van der Waals surface area contributed by atoms with Crippen LogP contribution in [0.1, 0.15) is 11.3 Å². The van der Waals surface area contributed by atoms with E-state index in [1.807, 2.05) is 6.92 Å². The van der Waals surface area contributed by atoms with E-state index in [1.165, 1.54) is 13.2 Å². The maximum atomic E-state index is 10.8. The van der Waals surface area contributed by atoms with E-state index in [1.54, 1.807) is 18.2 Å². The minimum absolute atomic E-state index is 0.389. The summed E-state index contributed by atoms with van der Waals surface area (Å²) in [6.45, 7) is 1.82. The molecule has 1 heterocycles. The van der Waals surface area contributed by atoms with E-state index in [2.05, 4.69) is 9.72 Å². The summed E-state index contributed by atoms with van der Waals surface area (Å²) in [6.07, 6.45) is 2.99. The van der Waals surface area contributed by atoms with E-state index >= 15 is 0 Å². The van der Waals surface area contributed by atoms with Crippen molar-refractivity contribution in [3.05, 3.63) is 34.6 Å². The van der Waals surface area contributed by atoms with E-state index in [-0.39, 0.29) is 5.97 Å². The number of hydrogen-bond donors (Lipinski definition) is 0. The van der Waals surface area contributed by atoms with Gasteiger partial charge in [0.2, 0.25) is 0 Å². The molecular weight excluding hydrogens is 202 g/mol. The molecular formula is C10H10ClNO2. The molecule has 1 aromatic heterocycles. The third-order valence-electron chi connectivity index (χ3n) is 1.69. The normalized spacial score (nSPS) is 10.5. The van der Waals surface area contributed by atoms with Crippen LogP contribution in [0.3, 0.4) is 0 Å². The Morgan fingerprint density at radius 2 is 2.29 bits per heavy atom. The summed E-state index contributed by atoms with van der Waals surface area (Å²) in [5, 5.41) is 0.442. The van der Waals surface area contributed by atoms with Crippen LogP contribution in [-0.4, -0.2) is 18.1 Å². The van der Waals surface area contributed by atoms with Gasteiger partial charge in [0.05, 0.1) is 7.11 Å². The molecule has 0 N–H and O–H groups in total. The highest BCUT2D eigenvalue weighted by molar-refractivity contribution is 6.29. The monoisotopic (exact) mass is 211 g/mol. The smallest absolute Gasteiger partial charge is 0.330 e. The summed E-state index contributed by atoms with van der Waals surface area (Å²) in [4.78, 5) is 14.8. The zero-order chi connectivity index (χ0) is 10.6. The average molecular weight is 212 g/mol. The number of carbonyl (C=O) groups excluding carboxylic acids is 1. The fourth-order valence-electron chi connectivity index (χ4n) is 0.943. The van der Waals surface area contributed by atoms with Gasteiger partial charge in [-0.15, -0.1) is 0 Å². The molecule has 0 saturated carbocycles. The van der Waals surface area contributed by atoms with Crippen LogP contribution in [-0.2, 0) is 9.53 Å². The highest BCUT2D eigenvalue weighted by Gasteiger charge is 1.98. The van der Waals surface area contributed by atoms with Gasteiger partial charge < -0.3 is 4.74 Å². The van der Waals surface area contributed by atoms with Gasteiger partial charge >= 0.3 is 5.97 Å². The third-order valence-corrected chi connectivity index (χ3v) is 1.90. The number of carbonyl (C=O) groups is 1. The summed E-state index contributed by atoms with van der Waals surface area (Å²) in [5.74, 6) is -0.389. The number of aryl methyl sites for hydroxylation is 1. The van der Waals surface area contributed by atoms with E-state index in [9.17, 15) is 4.79 Å². The van der Waals surface area contributed by atoms with Gasteiger partial charge in [0.15, 0.2) is 0 Å². The van der Waals surface area contributed by atoms with Crippen molar-refractivity contribution in [2.24, 2.45) is 0 Å². The van der Waals surface area contributed by atoms with Crippen molar-refractivity contribution in [3.8, 4) is 0 Å². The molecule has 0 fully saturated rings. The van der Waals surface area contributed by atoms with Crippen LogP contribution in [0.5, 0.6) is 0 Å². The van der Waals surface area contributed by atoms with Crippen LogP contribution in [0.4, 0.5) is 0 Å². The van der Waals surface area contributed by atoms with Gasteiger partial charge in [0, 0.05) is 11.8 Å². The summed E-state index contributed by atoms with van der Waals surface area (Å²) < 4.78 is 4.46. The van der Waals surface area contributed by atoms with Crippen molar-refractivity contribution in [1.29, 1.82) is 0 Å². The molecule has 0 saturated heterocycles. The van der Waals surface area contributed by atoms with Crippen LogP contribution in [0.2, 0.25) is 5.15 Å². The molecule has 0 aliphatic carbocycles. The van der Waals surface area contributed by atoms with Gasteiger partial charge in [0.25, 0.3) is 0 Å². The number of methoxy groups -OCH3 is 1. The van der Waals surface area contributed by atoms with Crippen LogP contribution in [0.25, 0.3) is 6.08 Å². The van der Waals surface area contributed by atoms with Crippen molar-refractivity contribution in [3.63, 3.8) is 0 Å². The number of esters is 1. The number of rotatable bonds is 2. The maximum absolute atomic E-state index is 10.8. The standard InChI is InChI=1S/C10H10ClNO2/c1-7-8(3-5-9(11)12-7)4-6-10(13)14-2/h3-6H,1-2H3. The quantitative estimate of drug-likeness (QED) is 0.428. The predicted octanol–water partition coefficient (Wildman–Crippen LogP) is 2.23. The second-order valence-electron chi connectivity index (χ2n) is 2.67. The summed E-state index contributed by atoms with van der Waals surface area (Å²) in [7, 11) is 1.33. The molecule has 0 aliphatic heterocycles. The van der Waals surface area contributed by atoms with E-state index < -0.39 is 0 Å². The Kier molecular flexibility index (Phi) is 3.65. The highest BCUT2D eigenvalue weighted by atomic mass is 35.5. The topological polar surface area (TPSA) is 39.2 Å². The van der Waals surface area contributed by atoms with E-state index in [0.717, 1.165) is 11.3 Å². The SMILES string of the molecule is COC(=O)C=Cc1ccc(Cl)nc1C. The second kappa shape index (κ2) is 4.77. The van der Waals surface area contributed by atoms with Gasteiger partial charge in [-0.25, -0.2) is 9.78 Å². The summed E-state index contributed by atoms with van der Waals surface area (Å²) in [6, 6.07) is 3.47. The number of nitrogens with zero attached hydrogens (tertiary/aromatic N) is 1. The molecule has 0 atom stereocenters. The number of pyridine rings is 1. The lowest BCUT2D eigenvalue weighted by Crippen LogP contribution is -1.94. The van der Waals surface area contributed by atoms with Gasteiger partial charge in [-0.2, -0.15) is 0 Å². The molecule has 74 valence electrons. The largest absolute Gasteiger partial charge is 0.466 e. The first-order chi connectivity index (χ1) is 6.63. The van der Waals surface area contributed by atoms with Gasteiger partial charge in [-0.3, -0.25) is 0 Å². The molecule has 4 heteroatoms. The Labute approximate surface area is 87.4 Å². The minimum atomic E-state index is -0.389. The highest BCUT2D eigenvalue weighted by Crippen LogP contribution is 2.11. The molecule has 0 aliphatic rings. The van der Waals surface area contributed by atoms with Crippen LogP contribution < -0.4 is 0 Å². The Hall–Kier alpha value is -1.35. The Morgan fingerprint density at radius 1 is 1.57 bits per heavy atom. The van der Waals surface area contributed by atoms with Crippen molar-refractivity contribution in [1.82, 2.24) is 4.98 Å². The van der Waals surface area contributed by atoms with E-state index in [0.29, 0.717) is 5.15 Å². The molecule has 1 rings (SSSR count). The Bertz CT molecular complexity index is 374. The number of halogens is 1. The predicted molar refractivity (Wildman–Crippen MR) is 55.0 cm³/mol. The molecule has 0 spiro atoms. The zero-order valence-corrected chi connectivity index (χ0v) is 8.71. The average Bonchev–Trinajstić information content (AvgIpc) is 2.16. The van der Waals surface area contributed by atoms with Gasteiger partial charge in [0.1, 0.15) is 5.15 Å². The molecule has 0 bridgehead atoms.